The first-order valence-corrected chi connectivity index (χ1v) is 7.84. The third kappa shape index (κ3) is 5.94. The van der Waals surface area contributed by atoms with Crippen LogP contribution in [-0.2, 0) is 9.53 Å². The average Bonchev–Trinajstić information content (AvgIpc) is 2.34. The van der Waals surface area contributed by atoms with Gasteiger partial charge in [-0.3, -0.25) is 4.79 Å². The Labute approximate surface area is 118 Å². The lowest BCUT2D eigenvalue weighted by Crippen LogP contribution is -2.44. The number of carbonyl (C=O) groups excluding carboxylic acids is 1. The Morgan fingerprint density at radius 2 is 1.95 bits per heavy atom. The van der Waals surface area contributed by atoms with Gasteiger partial charge in [0.1, 0.15) is 0 Å². The van der Waals surface area contributed by atoms with Crippen LogP contribution < -0.4 is 5.32 Å². The van der Waals surface area contributed by atoms with Crippen LogP contribution in [0.15, 0.2) is 0 Å². The second-order valence-corrected chi connectivity index (χ2v) is 6.73. The van der Waals surface area contributed by atoms with Crippen molar-refractivity contribution in [3.8, 4) is 0 Å². The van der Waals surface area contributed by atoms with Crippen LogP contribution in [0.4, 0.5) is 0 Å². The number of hydrogen-bond donors (Lipinski definition) is 1. The fourth-order valence-corrected chi connectivity index (χ4v) is 3.17. The van der Waals surface area contributed by atoms with E-state index in [-0.39, 0.29) is 5.97 Å². The molecule has 19 heavy (non-hydrogen) atoms. The van der Waals surface area contributed by atoms with Crippen LogP contribution in [0.2, 0.25) is 0 Å². The summed E-state index contributed by atoms with van der Waals surface area (Å²) >= 11 is 0. The third-order valence-electron chi connectivity index (χ3n) is 4.15. The molecule has 0 aromatic heterocycles. The highest BCUT2D eigenvalue weighted by molar-refractivity contribution is 5.69. The van der Waals surface area contributed by atoms with E-state index in [4.69, 9.17) is 4.74 Å². The second-order valence-electron chi connectivity index (χ2n) is 6.73. The molecule has 1 rings (SSSR count). The SMILES string of the molecule is CCOC(=O)CCCNC1CCCCC1C(C)(C)C. The van der Waals surface area contributed by atoms with Crippen molar-refractivity contribution in [3.05, 3.63) is 0 Å². The summed E-state index contributed by atoms with van der Waals surface area (Å²) in [6.45, 7) is 10.3. The van der Waals surface area contributed by atoms with Crippen molar-refractivity contribution >= 4 is 5.97 Å². The van der Waals surface area contributed by atoms with Gasteiger partial charge in [0.25, 0.3) is 0 Å². The fourth-order valence-electron chi connectivity index (χ4n) is 3.17. The van der Waals surface area contributed by atoms with Gasteiger partial charge in [-0.05, 0) is 44.1 Å². The molecule has 0 spiro atoms. The standard InChI is InChI=1S/C16H31NO2/c1-5-19-15(18)11-8-12-17-14-10-7-6-9-13(14)16(2,3)4/h13-14,17H,5-12H2,1-4H3. The van der Waals surface area contributed by atoms with E-state index < -0.39 is 0 Å². The van der Waals surface area contributed by atoms with Crippen molar-refractivity contribution in [2.75, 3.05) is 13.2 Å². The van der Waals surface area contributed by atoms with E-state index in [1.807, 2.05) is 6.92 Å². The smallest absolute Gasteiger partial charge is 0.305 e. The van der Waals surface area contributed by atoms with Gasteiger partial charge < -0.3 is 10.1 Å². The van der Waals surface area contributed by atoms with Crippen molar-refractivity contribution in [3.63, 3.8) is 0 Å². The van der Waals surface area contributed by atoms with E-state index in [2.05, 4.69) is 26.1 Å². The van der Waals surface area contributed by atoms with E-state index in [1.165, 1.54) is 25.7 Å². The molecule has 1 aliphatic rings. The van der Waals surface area contributed by atoms with Crippen LogP contribution in [0, 0.1) is 11.3 Å². The molecule has 3 nitrogen and oxygen atoms in total. The summed E-state index contributed by atoms with van der Waals surface area (Å²) in [6, 6.07) is 0.621. The molecule has 112 valence electrons. The zero-order chi connectivity index (χ0) is 14.3. The predicted molar refractivity (Wildman–Crippen MR) is 79.1 cm³/mol. The van der Waals surface area contributed by atoms with Gasteiger partial charge in [-0.25, -0.2) is 0 Å². The lowest BCUT2D eigenvalue weighted by atomic mass is 9.69. The molecule has 0 aliphatic heterocycles. The average molecular weight is 269 g/mol. The minimum absolute atomic E-state index is 0.0692. The Kier molecular flexibility index (Phi) is 6.84. The minimum Gasteiger partial charge on any atom is -0.466 e. The van der Waals surface area contributed by atoms with Crippen molar-refractivity contribution in [2.24, 2.45) is 11.3 Å². The highest BCUT2D eigenvalue weighted by atomic mass is 16.5. The first-order valence-electron chi connectivity index (χ1n) is 7.84. The Bertz CT molecular complexity index is 270. The summed E-state index contributed by atoms with van der Waals surface area (Å²) in [6.07, 6.45) is 6.73. The lowest BCUT2D eigenvalue weighted by molar-refractivity contribution is -0.143. The molecule has 1 N–H and O–H groups in total. The third-order valence-corrected chi connectivity index (χ3v) is 4.15. The first-order chi connectivity index (χ1) is 8.95. The predicted octanol–water partition coefficient (Wildman–Crippen LogP) is 3.52. The molecule has 0 aromatic carbocycles. The van der Waals surface area contributed by atoms with E-state index >= 15 is 0 Å². The maximum absolute atomic E-state index is 11.3. The Morgan fingerprint density at radius 1 is 1.26 bits per heavy atom. The lowest BCUT2D eigenvalue weighted by Gasteiger charge is -2.41. The van der Waals surface area contributed by atoms with E-state index in [0.29, 0.717) is 24.5 Å². The van der Waals surface area contributed by atoms with Gasteiger partial charge in [0.2, 0.25) is 0 Å². The van der Waals surface area contributed by atoms with Gasteiger partial charge in [0.05, 0.1) is 6.61 Å². The molecule has 3 heteroatoms. The maximum atomic E-state index is 11.3. The molecule has 0 bridgehead atoms. The number of esters is 1. The molecule has 2 atom stereocenters. The molecule has 0 saturated heterocycles. The first kappa shape index (κ1) is 16.5. The van der Waals surface area contributed by atoms with Gasteiger partial charge in [0.15, 0.2) is 0 Å². The van der Waals surface area contributed by atoms with Gasteiger partial charge in [0, 0.05) is 12.5 Å². The quantitative estimate of drug-likeness (QED) is 0.592. The molecule has 0 amide bonds. The van der Waals surface area contributed by atoms with Gasteiger partial charge in [-0.15, -0.1) is 0 Å². The highest BCUT2D eigenvalue weighted by Gasteiger charge is 2.33. The van der Waals surface area contributed by atoms with Crippen LogP contribution >= 0.6 is 0 Å². The normalized spacial score (nSPS) is 24.2. The second kappa shape index (κ2) is 7.88. The van der Waals surface area contributed by atoms with Crippen molar-refractivity contribution in [1.29, 1.82) is 0 Å². The molecular weight excluding hydrogens is 238 g/mol. The van der Waals surface area contributed by atoms with Gasteiger partial charge in [-0.1, -0.05) is 33.6 Å². The molecule has 1 saturated carbocycles. The van der Waals surface area contributed by atoms with Gasteiger partial charge in [-0.2, -0.15) is 0 Å². The number of hydrogen-bond acceptors (Lipinski definition) is 3. The summed E-state index contributed by atoms with van der Waals surface area (Å²) < 4.78 is 4.94. The maximum Gasteiger partial charge on any atom is 0.305 e. The summed E-state index contributed by atoms with van der Waals surface area (Å²) in [5, 5.41) is 3.67. The summed E-state index contributed by atoms with van der Waals surface area (Å²) in [4.78, 5) is 11.3. The van der Waals surface area contributed by atoms with Crippen LogP contribution in [0.25, 0.3) is 0 Å². The summed E-state index contributed by atoms with van der Waals surface area (Å²) in [5.41, 5.74) is 0.374. The summed E-state index contributed by atoms with van der Waals surface area (Å²) in [5.74, 6) is 0.684. The molecular formula is C16H31NO2. The molecule has 0 aromatic rings. The van der Waals surface area contributed by atoms with Crippen LogP contribution in [0.3, 0.4) is 0 Å². The Morgan fingerprint density at radius 3 is 2.58 bits per heavy atom. The summed E-state index contributed by atoms with van der Waals surface area (Å²) in [7, 11) is 0. The van der Waals surface area contributed by atoms with Crippen molar-refractivity contribution in [1.82, 2.24) is 5.32 Å². The number of rotatable bonds is 6. The van der Waals surface area contributed by atoms with Crippen LogP contribution in [0.5, 0.6) is 0 Å². The van der Waals surface area contributed by atoms with Crippen LogP contribution in [0.1, 0.15) is 66.2 Å². The molecule has 1 aliphatic carbocycles. The zero-order valence-corrected chi connectivity index (χ0v) is 13.1. The number of nitrogens with one attached hydrogen (secondary N) is 1. The van der Waals surface area contributed by atoms with Crippen LogP contribution in [-0.4, -0.2) is 25.2 Å². The monoisotopic (exact) mass is 269 g/mol. The van der Waals surface area contributed by atoms with Crippen molar-refractivity contribution in [2.45, 2.75) is 72.3 Å². The largest absolute Gasteiger partial charge is 0.466 e. The molecule has 2 unspecified atom stereocenters. The fraction of sp³-hybridized carbons (Fsp3) is 0.938. The highest BCUT2D eigenvalue weighted by Crippen LogP contribution is 2.37. The van der Waals surface area contributed by atoms with E-state index in [9.17, 15) is 4.79 Å². The van der Waals surface area contributed by atoms with Gasteiger partial charge >= 0.3 is 5.97 Å². The zero-order valence-electron chi connectivity index (χ0n) is 13.1. The Balaban J connectivity index is 2.28. The van der Waals surface area contributed by atoms with Crippen molar-refractivity contribution < 1.29 is 9.53 Å². The molecule has 0 radical (unpaired) electrons. The molecule has 0 heterocycles. The molecule has 1 fully saturated rings. The Hall–Kier alpha value is -0.570. The van der Waals surface area contributed by atoms with E-state index in [1.54, 1.807) is 0 Å². The number of carbonyl (C=O) groups is 1. The van der Waals surface area contributed by atoms with E-state index in [0.717, 1.165) is 18.9 Å². The topological polar surface area (TPSA) is 38.3 Å². The minimum atomic E-state index is -0.0692. The number of ether oxygens (including phenoxy) is 1.